The second-order valence-corrected chi connectivity index (χ2v) is 8.49. The highest BCUT2D eigenvalue weighted by atomic mass is 35.5. The van der Waals surface area contributed by atoms with Crippen molar-refractivity contribution in [2.45, 2.75) is 6.42 Å². The number of fused-ring (bicyclic) bond motifs is 2. The number of H-pyrrole nitrogens is 1. The van der Waals surface area contributed by atoms with Crippen LogP contribution in [0.5, 0.6) is 11.5 Å². The molecule has 0 amide bonds. The molecule has 8 nitrogen and oxygen atoms in total. The number of nitrogens with one attached hydrogen (secondary N) is 2. The normalized spacial score (nSPS) is 14.8. The van der Waals surface area contributed by atoms with Gasteiger partial charge in [-0.3, -0.25) is 0 Å². The minimum Gasteiger partial charge on any atom is -0.493 e. The second-order valence-electron chi connectivity index (χ2n) is 8.49. The molecule has 1 saturated heterocycles. The Kier molecular flexibility index (Phi) is 7.72. The molecule has 4 aromatic rings. The summed E-state index contributed by atoms with van der Waals surface area (Å²) in [6, 6.07) is 12.1. The predicted molar refractivity (Wildman–Crippen MR) is 139 cm³/mol. The molecule has 2 aromatic carbocycles. The van der Waals surface area contributed by atoms with E-state index >= 15 is 0 Å². The Morgan fingerprint density at radius 2 is 1.88 bits per heavy atom. The van der Waals surface area contributed by atoms with Crippen molar-refractivity contribution in [2.24, 2.45) is 0 Å². The summed E-state index contributed by atoms with van der Waals surface area (Å²) in [6.07, 6.45) is 4.48. The van der Waals surface area contributed by atoms with Gasteiger partial charge in [0, 0.05) is 61.6 Å². The third-order valence-corrected chi connectivity index (χ3v) is 6.21. The zero-order chi connectivity index (χ0) is 22.6. The summed E-state index contributed by atoms with van der Waals surface area (Å²) in [6.45, 7) is 6.20. The van der Waals surface area contributed by atoms with Crippen LogP contribution in [0.3, 0.4) is 0 Å². The number of aromatic nitrogens is 3. The molecule has 9 heteroatoms. The Morgan fingerprint density at radius 3 is 2.71 bits per heavy atom. The molecule has 0 bridgehead atoms. The van der Waals surface area contributed by atoms with Crippen molar-refractivity contribution in [1.29, 1.82) is 0 Å². The summed E-state index contributed by atoms with van der Waals surface area (Å²) in [4.78, 5) is 17.0. The maximum Gasteiger partial charge on any atom is 0.163 e. The van der Waals surface area contributed by atoms with Gasteiger partial charge in [0.15, 0.2) is 11.5 Å². The van der Waals surface area contributed by atoms with E-state index in [1.54, 1.807) is 13.4 Å². The molecule has 0 aliphatic carbocycles. The van der Waals surface area contributed by atoms with Gasteiger partial charge in [-0.05, 0) is 43.1 Å². The van der Waals surface area contributed by atoms with Crippen LogP contribution in [-0.4, -0.2) is 78.2 Å². The predicted octanol–water partition coefficient (Wildman–Crippen LogP) is 4.30. The van der Waals surface area contributed by atoms with Gasteiger partial charge in [-0.25, -0.2) is 9.97 Å². The minimum atomic E-state index is 0. The van der Waals surface area contributed by atoms with E-state index in [0.29, 0.717) is 18.1 Å². The summed E-state index contributed by atoms with van der Waals surface area (Å²) >= 11 is 0. The molecular weight excluding hydrogens is 452 g/mol. The van der Waals surface area contributed by atoms with Crippen LogP contribution in [0.1, 0.15) is 6.42 Å². The molecule has 0 saturated carbocycles. The van der Waals surface area contributed by atoms with Crippen LogP contribution in [0.15, 0.2) is 48.9 Å². The second kappa shape index (κ2) is 10.9. The zero-order valence-electron chi connectivity index (χ0n) is 19.6. The summed E-state index contributed by atoms with van der Waals surface area (Å²) in [7, 11) is 3.84. The fourth-order valence-electron chi connectivity index (χ4n) is 4.24. The molecule has 5 rings (SSSR count). The molecule has 180 valence electrons. The number of rotatable bonds is 8. The molecule has 0 atom stereocenters. The molecular formula is C25H31ClN6O2. The SMILES string of the molecule is COc1cc2c(Nc3ccc4cc[nH]c4c3)ncnc2cc1OCCCN1CCN(C)CC1.Cl. The van der Waals surface area contributed by atoms with E-state index in [4.69, 9.17) is 9.47 Å². The van der Waals surface area contributed by atoms with Crippen LogP contribution in [0.25, 0.3) is 21.8 Å². The summed E-state index contributed by atoms with van der Waals surface area (Å²) in [5.41, 5.74) is 2.83. The van der Waals surface area contributed by atoms with E-state index in [1.165, 1.54) is 5.39 Å². The highest BCUT2D eigenvalue weighted by Crippen LogP contribution is 2.35. The fraction of sp³-hybridized carbons (Fsp3) is 0.360. The number of anilines is 2. The smallest absolute Gasteiger partial charge is 0.163 e. The van der Waals surface area contributed by atoms with E-state index in [0.717, 1.165) is 67.1 Å². The van der Waals surface area contributed by atoms with E-state index in [-0.39, 0.29) is 12.4 Å². The number of ether oxygens (including phenoxy) is 2. The van der Waals surface area contributed by atoms with Crippen LogP contribution < -0.4 is 14.8 Å². The first-order valence-corrected chi connectivity index (χ1v) is 11.4. The maximum absolute atomic E-state index is 6.10. The molecule has 1 aliphatic heterocycles. The summed E-state index contributed by atoms with van der Waals surface area (Å²) < 4.78 is 11.7. The third kappa shape index (κ3) is 5.35. The van der Waals surface area contributed by atoms with Gasteiger partial charge in [0.1, 0.15) is 12.1 Å². The quantitative estimate of drug-likeness (QED) is 0.362. The number of aromatic amines is 1. The lowest BCUT2D eigenvalue weighted by Crippen LogP contribution is -2.44. The van der Waals surface area contributed by atoms with Crippen LogP contribution in [0, 0.1) is 0 Å². The van der Waals surface area contributed by atoms with Crippen LogP contribution in [0.2, 0.25) is 0 Å². The maximum atomic E-state index is 6.10. The van der Waals surface area contributed by atoms with Crippen LogP contribution in [-0.2, 0) is 0 Å². The Hall–Kier alpha value is -3.07. The van der Waals surface area contributed by atoms with Crippen molar-refractivity contribution in [1.82, 2.24) is 24.8 Å². The fourth-order valence-corrected chi connectivity index (χ4v) is 4.24. The number of likely N-dealkylation sites (N-methyl/N-ethyl adjacent to an activating group) is 1. The lowest BCUT2D eigenvalue weighted by molar-refractivity contribution is 0.145. The summed E-state index contributed by atoms with van der Waals surface area (Å²) in [5.74, 6) is 2.12. The van der Waals surface area contributed by atoms with Crippen molar-refractivity contribution in [3.05, 3.63) is 48.9 Å². The monoisotopic (exact) mass is 482 g/mol. The van der Waals surface area contributed by atoms with Gasteiger partial charge < -0.3 is 29.6 Å². The first-order chi connectivity index (χ1) is 16.2. The highest BCUT2D eigenvalue weighted by Gasteiger charge is 2.15. The van der Waals surface area contributed by atoms with Crippen molar-refractivity contribution in [3.63, 3.8) is 0 Å². The number of halogens is 1. The number of nitrogens with zero attached hydrogens (tertiary/aromatic N) is 4. The molecule has 34 heavy (non-hydrogen) atoms. The van der Waals surface area contributed by atoms with Gasteiger partial charge in [-0.1, -0.05) is 6.07 Å². The number of piperazine rings is 1. The Morgan fingerprint density at radius 1 is 1.03 bits per heavy atom. The largest absolute Gasteiger partial charge is 0.493 e. The highest BCUT2D eigenvalue weighted by molar-refractivity contribution is 5.94. The topological polar surface area (TPSA) is 78.5 Å². The lowest BCUT2D eigenvalue weighted by Gasteiger charge is -2.32. The zero-order valence-corrected chi connectivity index (χ0v) is 20.4. The average molecular weight is 483 g/mol. The standard InChI is InChI=1S/C25H30N6O2.ClH/c1-30-9-11-31(12-10-30)8-3-13-33-24-16-22-20(15-23(24)32-2)25(28-17-27-22)29-19-5-4-18-6-7-26-21(18)14-19;/h4-7,14-17,26H,3,8-13H2,1-2H3,(H,27,28,29);1H. The first kappa shape index (κ1) is 24.1. The van der Waals surface area contributed by atoms with Crippen LogP contribution in [0.4, 0.5) is 11.5 Å². The minimum absolute atomic E-state index is 0. The number of hydrogen-bond acceptors (Lipinski definition) is 7. The number of hydrogen-bond donors (Lipinski definition) is 2. The Bertz CT molecular complexity index is 1240. The van der Waals surface area contributed by atoms with E-state index < -0.39 is 0 Å². The molecule has 0 spiro atoms. The van der Waals surface area contributed by atoms with Crippen molar-refractivity contribution >= 4 is 45.7 Å². The Balaban J connectivity index is 0.00000274. The van der Waals surface area contributed by atoms with Gasteiger partial charge in [0.25, 0.3) is 0 Å². The van der Waals surface area contributed by atoms with E-state index in [2.05, 4.69) is 55.3 Å². The first-order valence-electron chi connectivity index (χ1n) is 11.4. The number of benzene rings is 2. The van der Waals surface area contributed by atoms with Crippen LogP contribution >= 0.6 is 12.4 Å². The van der Waals surface area contributed by atoms with E-state index in [1.807, 2.05) is 24.4 Å². The van der Waals surface area contributed by atoms with Crippen molar-refractivity contribution < 1.29 is 9.47 Å². The molecule has 2 aromatic heterocycles. The molecule has 1 fully saturated rings. The molecule has 2 N–H and O–H groups in total. The van der Waals surface area contributed by atoms with Gasteiger partial charge in [0.2, 0.25) is 0 Å². The lowest BCUT2D eigenvalue weighted by atomic mass is 10.2. The van der Waals surface area contributed by atoms with E-state index in [9.17, 15) is 0 Å². The van der Waals surface area contributed by atoms with Gasteiger partial charge >= 0.3 is 0 Å². The molecule has 0 radical (unpaired) electrons. The van der Waals surface area contributed by atoms with Crippen molar-refractivity contribution in [3.8, 4) is 11.5 Å². The van der Waals surface area contributed by atoms with Gasteiger partial charge in [0.05, 0.1) is 19.2 Å². The number of methoxy groups -OCH3 is 1. The molecule has 3 heterocycles. The van der Waals surface area contributed by atoms with Crippen molar-refractivity contribution in [2.75, 3.05) is 58.8 Å². The molecule has 0 unspecified atom stereocenters. The van der Waals surface area contributed by atoms with Gasteiger partial charge in [-0.2, -0.15) is 0 Å². The molecule has 1 aliphatic rings. The summed E-state index contributed by atoms with van der Waals surface area (Å²) in [5, 5.41) is 5.47. The third-order valence-electron chi connectivity index (χ3n) is 6.21. The van der Waals surface area contributed by atoms with Gasteiger partial charge in [-0.15, -0.1) is 12.4 Å². The average Bonchev–Trinajstić information content (AvgIpc) is 3.30. The Labute approximate surface area is 205 Å².